The fourth-order valence-corrected chi connectivity index (χ4v) is 4.82. The minimum absolute atomic E-state index is 0.0971. The molecule has 0 N–H and O–H groups in total. The van der Waals surface area contributed by atoms with E-state index >= 15 is 0 Å². The van der Waals surface area contributed by atoms with Crippen molar-refractivity contribution in [3.63, 3.8) is 0 Å². The van der Waals surface area contributed by atoms with E-state index in [9.17, 15) is 4.79 Å². The molecular formula is C29H40O2. The lowest BCUT2D eigenvalue weighted by Gasteiger charge is -2.27. The van der Waals surface area contributed by atoms with E-state index in [1.165, 1.54) is 68.1 Å². The Labute approximate surface area is 189 Å². The lowest BCUT2D eigenvalue weighted by atomic mass is 9.76. The molecule has 31 heavy (non-hydrogen) atoms. The molecule has 1 saturated carbocycles. The van der Waals surface area contributed by atoms with Crippen molar-refractivity contribution in [3.05, 3.63) is 54.1 Å². The van der Waals surface area contributed by atoms with Crippen LogP contribution >= 0.6 is 0 Å². The highest BCUT2D eigenvalue weighted by Gasteiger charge is 2.29. The Hall–Kier alpha value is -2.09. The highest BCUT2D eigenvalue weighted by atomic mass is 16.5. The maximum Gasteiger partial charge on any atom is 0.140 e. The van der Waals surface area contributed by atoms with Crippen molar-refractivity contribution in [1.82, 2.24) is 0 Å². The molecule has 2 heteroatoms. The van der Waals surface area contributed by atoms with Crippen LogP contribution in [0.3, 0.4) is 0 Å². The molecule has 0 aromatic heterocycles. The van der Waals surface area contributed by atoms with Gasteiger partial charge in [-0.1, -0.05) is 95.2 Å². The van der Waals surface area contributed by atoms with E-state index in [2.05, 4.69) is 62.4 Å². The third-order valence-electron chi connectivity index (χ3n) is 6.71. The number of carbonyl (C=O) groups is 1. The molecule has 2 atom stereocenters. The maximum absolute atomic E-state index is 12.6. The van der Waals surface area contributed by atoms with E-state index in [-0.39, 0.29) is 5.92 Å². The van der Waals surface area contributed by atoms with Gasteiger partial charge in [0.25, 0.3) is 0 Å². The van der Waals surface area contributed by atoms with Crippen molar-refractivity contribution >= 4 is 5.78 Å². The van der Waals surface area contributed by atoms with Crippen LogP contribution in [-0.4, -0.2) is 12.4 Å². The van der Waals surface area contributed by atoms with Crippen LogP contribution in [0.4, 0.5) is 0 Å². The number of hydrogen-bond acceptors (Lipinski definition) is 2. The number of carbonyl (C=O) groups excluding carboxylic acids is 1. The van der Waals surface area contributed by atoms with E-state index in [0.717, 1.165) is 31.6 Å². The van der Waals surface area contributed by atoms with Crippen molar-refractivity contribution < 1.29 is 9.53 Å². The van der Waals surface area contributed by atoms with E-state index < -0.39 is 0 Å². The van der Waals surface area contributed by atoms with Gasteiger partial charge in [-0.2, -0.15) is 0 Å². The second kappa shape index (κ2) is 12.7. The average Bonchev–Trinajstić information content (AvgIpc) is 2.79. The first-order chi connectivity index (χ1) is 15.2. The molecule has 0 radical (unpaired) electrons. The highest BCUT2D eigenvalue weighted by Crippen LogP contribution is 2.36. The minimum atomic E-state index is 0.0971. The van der Waals surface area contributed by atoms with E-state index in [0.29, 0.717) is 11.7 Å². The third-order valence-corrected chi connectivity index (χ3v) is 6.71. The van der Waals surface area contributed by atoms with Crippen LogP contribution in [0.25, 0.3) is 11.1 Å². The molecule has 1 aliphatic rings. The number of hydrogen-bond donors (Lipinski definition) is 0. The fraction of sp³-hybridized carbons (Fsp3) is 0.552. The summed E-state index contributed by atoms with van der Waals surface area (Å²) in [6.07, 6.45) is 13.0. The van der Waals surface area contributed by atoms with Crippen molar-refractivity contribution in [3.8, 4) is 16.9 Å². The predicted octanol–water partition coefficient (Wildman–Crippen LogP) is 8.35. The Morgan fingerprint density at radius 1 is 0.774 bits per heavy atom. The van der Waals surface area contributed by atoms with Gasteiger partial charge in [-0.25, -0.2) is 0 Å². The summed E-state index contributed by atoms with van der Waals surface area (Å²) in [5.74, 6) is 2.09. The fourth-order valence-electron chi connectivity index (χ4n) is 4.82. The summed E-state index contributed by atoms with van der Waals surface area (Å²) in [5.41, 5.74) is 3.57. The molecule has 0 spiro atoms. The molecule has 2 aromatic carbocycles. The topological polar surface area (TPSA) is 26.3 Å². The summed E-state index contributed by atoms with van der Waals surface area (Å²) in [7, 11) is 0. The van der Waals surface area contributed by atoms with Gasteiger partial charge < -0.3 is 4.74 Å². The molecule has 1 aliphatic carbocycles. The molecule has 2 nitrogen and oxygen atoms in total. The first-order valence-electron chi connectivity index (χ1n) is 12.6. The van der Waals surface area contributed by atoms with Crippen molar-refractivity contribution in [2.45, 2.75) is 90.4 Å². The van der Waals surface area contributed by atoms with Gasteiger partial charge in [0.15, 0.2) is 0 Å². The number of ketones is 1. The van der Waals surface area contributed by atoms with Gasteiger partial charge in [0.1, 0.15) is 11.5 Å². The van der Waals surface area contributed by atoms with Crippen molar-refractivity contribution in [1.29, 1.82) is 0 Å². The Morgan fingerprint density at radius 3 is 2.06 bits per heavy atom. The largest absolute Gasteiger partial charge is 0.494 e. The standard InChI is InChI=1S/C29H40O2/c1-3-5-6-7-8-9-21-31-27-18-16-25(17-19-27)24-12-14-26(15-13-24)28-20-11-23(10-4-2)22-29(28)30/h12-19,23,28H,3-11,20-22H2,1-2H3. The molecule has 0 heterocycles. The van der Waals surface area contributed by atoms with Crippen molar-refractivity contribution in [2.75, 3.05) is 6.61 Å². The maximum atomic E-state index is 12.6. The van der Waals surface area contributed by atoms with E-state index in [1.54, 1.807) is 0 Å². The monoisotopic (exact) mass is 420 g/mol. The number of benzene rings is 2. The van der Waals surface area contributed by atoms with Crippen LogP contribution in [0.5, 0.6) is 5.75 Å². The molecular weight excluding hydrogens is 380 g/mol. The van der Waals surface area contributed by atoms with Crippen LogP contribution in [0, 0.1) is 5.92 Å². The van der Waals surface area contributed by atoms with Crippen LogP contribution in [-0.2, 0) is 4.79 Å². The summed E-state index contributed by atoms with van der Waals surface area (Å²) in [4.78, 5) is 12.6. The quantitative estimate of drug-likeness (QED) is 0.322. The molecule has 0 aliphatic heterocycles. The van der Waals surface area contributed by atoms with Gasteiger partial charge in [0.2, 0.25) is 0 Å². The first-order valence-corrected chi connectivity index (χ1v) is 12.6. The van der Waals surface area contributed by atoms with Crippen LogP contribution in [0.15, 0.2) is 48.5 Å². The minimum Gasteiger partial charge on any atom is -0.494 e. The molecule has 3 rings (SSSR count). The second-order valence-electron chi connectivity index (χ2n) is 9.22. The molecule has 0 amide bonds. The Bertz CT molecular complexity index is 775. The summed E-state index contributed by atoms with van der Waals surface area (Å²) >= 11 is 0. The first kappa shape index (κ1) is 23.6. The zero-order chi connectivity index (χ0) is 21.9. The number of Topliss-reactive ketones (excluding diaryl/α,β-unsaturated/α-hetero) is 1. The van der Waals surface area contributed by atoms with Crippen LogP contribution in [0.1, 0.15) is 96.0 Å². The lowest BCUT2D eigenvalue weighted by Crippen LogP contribution is -2.23. The molecule has 0 bridgehead atoms. The zero-order valence-electron chi connectivity index (χ0n) is 19.6. The molecule has 0 saturated heterocycles. The second-order valence-corrected chi connectivity index (χ2v) is 9.22. The predicted molar refractivity (Wildman–Crippen MR) is 131 cm³/mol. The lowest BCUT2D eigenvalue weighted by molar-refractivity contribution is -0.123. The average molecular weight is 421 g/mol. The smallest absolute Gasteiger partial charge is 0.140 e. The Balaban J connectivity index is 1.48. The number of unbranched alkanes of at least 4 members (excludes halogenated alkanes) is 5. The van der Waals surface area contributed by atoms with Gasteiger partial charge >= 0.3 is 0 Å². The van der Waals surface area contributed by atoms with E-state index in [4.69, 9.17) is 4.74 Å². The van der Waals surface area contributed by atoms with Gasteiger partial charge in [-0.15, -0.1) is 0 Å². The van der Waals surface area contributed by atoms with Gasteiger partial charge in [-0.3, -0.25) is 4.79 Å². The SMILES string of the molecule is CCCCCCCCOc1ccc(-c2ccc(C3CCC(CCC)CC3=O)cc2)cc1. The van der Waals surface area contributed by atoms with Crippen molar-refractivity contribution in [2.24, 2.45) is 5.92 Å². The van der Waals surface area contributed by atoms with Crippen LogP contribution < -0.4 is 4.74 Å². The summed E-state index contributed by atoms with van der Waals surface area (Å²) in [5, 5.41) is 0. The summed E-state index contributed by atoms with van der Waals surface area (Å²) in [6.45, 7) is 5.26. The van der Waals surface area contributed by atoms with Gasteiger partial charge in [0, 0.05) is 12.3 Å². The summed E-state index contributed by atoms with van der Waals surface area (Å²) < 4.78 is 5.90. The molecule has 168 valence electrons. The molecule has 2 aromatic rings. The highest BCUT2D eigenvalue weighted by molar-refractivity contribution is 5.86. The zero-order valence-corrected chi connectivity index (χ0v) is 19.6. The van der Waals surface area contributed by atoms with E-state index in [1.807, 2.05) is 0 Å². The number of ether oxygens (including phenoxy) is 1. The molecule has 2 unspecified atom stereocenters. The van der Waals surface area contributed by atoms with Crippen LogP contribution in [0.2, 0.25) is 0 Å². The Kier molecular flexibility index (Phi) is 9.65. The van der Waals surface area contributed by atoms with Gasteiger partial charge in [0.05, 0.1) is 6.61 Å². The molecule has 1 fully saturated rings. The Morgan fingerprint density at radius 2 is 1.42 bits per heavy atom. The summed E-state index contributed by atoms with van der Waals surface area (Å²) in [6, 6.07) is 17.0. The normalized spacial score (nSPS) is 18.8. The van der Waals surface area contributed by atoms with Gasteiger partial charge in [-0.05, 0) is 54.0 Å². The number of rotatable bonds is 12. The third kappa shape index (κ3) is 7.23.